The zero-order chi connectivity index (χ0) is 16.2. The van der Waals surface area contributed by atoms with Gasteiger partial charge in [-0.2, -0.15) is 0 Å². The highest BCUT2D eigenvalue weighted by atomic mass is 15.1. The lowest BCUT2D eigenvalue weighted by atomic mass is 10.2. The van der Waals surface area contributed by atoms with E-state index in [2.05, 4.69) is 70.2 Å². The Morgan fingerprint density at radius 2 is 1.91 bits per heavy atom. The van der Waals surface area contributed by atoms with E-state index in [0.29, 0.717) is 6.04 Å². The molecule has 0 aliphatic carbocycles. The van der Waals surface area contributed by atoms with Crippen molar-refractivity contribution in [2.45, 2.75) is 46.2 Å². The molecule has 2 aromatic heterocycles. The molecule has 1 aromatic carbocycles. The summed E-state index contributed by atoms with van der Waals surface area (Å²) in [4.78, 5) is 9.23. The maximum absolute atomic E-state index is 4.66. The van der Waals surface area contributed by atoms with Gasteiger partial charge in [0, 0.05) is 18.8 Å². The second-order valence-corrected chi connectivity index (χ2v) is 6.12. The number of nitrogens with one attached hydrogen (secondary N) is 1. The molecular weight excluding hydrogens is 284 g/mol. The smallest absolute Gasteiger partial charge is 0.154 e. The number of hydrogen-bond donors (Lipinski definition) is 1. The molecule has 0 spiro atoms. The maximum Gasteiger partial charge on any atom is 0.154 e. The van der Waals surface area contributed by atoms with E-state index in [0.717, 1.165) is 42.1 Å². The third-order valence-electron chi connectivity index (χ3n) is 4.02. The first kappa shape index (κ1) is 15.5. The molecule has 0 radical (unpaired) electrons. The van der Waals surface area contributed by atoms with Crippen LogP contribution in [-0.4, -0.2) is 20.6 Å². The Morgan fingerprint density at radius 3 is 2.65 bits per heavy atom. The Labute approximate surface area is 137 Å². The molecule has 0 saturated carbocycles. The second-order valence-electron chi connectivity index (χ2n) is 6.12. The van der Waals surface area contributed by atoms with E-state index in [-0.39, 0.29) is 0 Å². The third kappa shape index (κ3) is 3.52. The molecule has 0 amide bonds. The van der Waals surface area contributed by atoms with Crippen molar-refractivity contribution in [3.05, 3.63) is 54.0 Å². The SMILES string of the molecule is CCCC(C)Nc1nc(C)nc2ccn(Cc3ccccc3)c12. The maximum atomic E-state index is 4.66. The summed E-state index contributed by atoms with van der Waals surface area (Å²) in [5.74, 6) is 1.75. The van der Waals surface area contributed by atoms with Crippen molar-refractivity contribution in [3.8, 4) is 0 Å². The van der Waals surface area contributed by atoms with Crippen LogP contribution in [0.25, 0.3) is 11.0 Å². The van der Waals surface area contributed by atoms with Crippen LogP contribution in [0.2, 0.25) is 0 Å². The monoisotopic (exact) mass is 308 g/mol. The molecule has 0 aliphatic heterocycles. The third-order valence-corrected chi connectivity index (χ3v) is 4.02. The fourth-order valence-electron chi connectivity index (χ4n) is 2.97. The van der Waals surface area contributed by atoms with Gasteiger partial charge in [0.25, 0.3) is 0 Å². The van der Waals surface area contributed by atoms with E-state index >= 15 is 0 Å². The van der Waals surface area contributed by atoms with Gasteiger partial charge in [0.15, 0.2) is 5.82 Å². The quantitative estimate of drug-likeness (QED) is 0.734. The summed E-state index contributed by atoms with van der Waals surface area (Å²) in [5.41, 5.74) is 3.36. The predicted molar refractivity (Wildman–Crippen MR) is 95.8 cm³/mol. The Bertz CT molecular complexity index is 777. The number of nitrogens with zero attached hydrogens (tertiary/aromatic N) is 3. The molecule has 2 heterocycles. The minimum absolute atomic E-state index is 0.401. The lowest BCUT2D eigenvalue weighted by Gasteiger charge is -2.16. The molecule has 1 atom stereocenters. The van der Waals surface area contributed by atoms with Gasteiger partial charge in [-0.05, 0) is 31.9 Å². The van der Waals surface area contributed by atoms with Crippen LogP contribution < -0.4 is 5.32 Å². The molecule has 0 fully saturated rings. The van der Waals surface area contributed by atoms with Gasteiger partial charge in [-0.1, -0.05) is 43.7 Å². The lowest BCUT2D eigenvalue weighted by molar-refractivity contribution is 0.686. The van der Waals surface area contributed by atoms with Crippen molar-refractivity contribution < 1.29 is 0 Å². The fraction of sp³-hybridized carbons (Fsp3) is 0.368. The largest absolute Gasteiger partial charge is 0.366 e. The molecule has 0 saturated heterocycles. The molecule has 23 heavy (non-hydrogen) atoms. The van der Waals surface area contributed by atoms with Crippen LogP contribution in [0.5, 0.6) is 0 Å². The highest BCUT2D eigenvalue weighted by molar-refractivity contribution is 5.86. The van der Waals surface area contributed by atoms with Gasteiger partial charge in [0.1, 0.15) is 11.3 Å². The van der Waals surface area contributed by atoms with E-state index in [1.807, 2.05) is 13.0 Å². The molecule has 3 aromatic rings. The van der Waals surface area contributed by atoms with Crippen LogP contribution in [0, 0.1) is 6.92 Å². The van der Waals surface area contributed by atoms with E-state index in [1.54, 1.807) is 0 Å². The van der Waals surface area contributed by atoms with Crippen molar-refractivity contribution in [1.82, 2.24) is 14.5 Å². The minimum Gasteiger partial charge on any atom is -0.366 e. The highest BCUT2D eigenvalue weighted by Crippen LogP contribution is 2.24. The van der Waals surface area contributed by atoms with Crippen LogP contribution in [-0.2, 0) is 6.54 Å². The number of benzene rings is 1. The molecule has 4 nitrogen and oxygen atoms in total. The summed E-state index contributed by atoms with van der Waals surface area (Å²) in [6.07, 6.45) is 4.39. The van der Waals surface area contributed by atoms with Crippen molar-refractivity contribution in [2.24, 2.45) is 0 Å². The zero-order valence-electron chi connectivity index (χ0n) is 14.1. The second kappa shape index (κ2) is 6.82. The van der Waals surface area contributed by atoms with Crippen LogP contribution >= 0.6 is 0 Å². The van der Waals surface area contributed by atoms with Gasteiger partial charge >= 0.3 is 0 Å². The standard InChI is InChI=1S/C19H24N4/c1-4-8-14(2)20-19-18-17(21-15(3)22-19)11-12-23(18)13-16-9-6-5-7-10-16/h5-7,9-12,14H,4,8,13H2,1-3H3,(H,20,21,22). The van der Waals surface area contributed by atoms with Crippen molar-refractivity contribution in [3.63, 3.8) is 0 Å². The van der Waals surface area contributed by atoms with E-state index in [1.165, 1.54) is 5.56 Å². The van der Waals surface area contributed by atoms with E-state index in [9.17, 15) is 0 Å². The van der Waals surface area contributed by atoms with Gasteiger partial charge in [0.05, 0.1) is 5.52 Å². The van der Waals surface area contributed by atoms with Gasteiger partial charge in [0.2, 0.25) is 0 Å². The summed E-state index contributed by atoms with van der Waals surface area (Å²) in [6, 6.07) is 13.0. The Balaban J connectivity index is 1.99. The topological polar surface area (TPSA) is 42.7 Å². The van der Waals surface area contributed by atoms with Crippen molar-refractivity contribution in [1.29, 1.82) is 0 Å². The Hall–Kier alpha value is -2.36. The van der Waals surface area contributed by atoms with Gasteiger partial charge in [-0.15, -0.1) is 0 Å². The van der Waals surface area contributed by atoms with Crippen LogP contribution in [0.1, 0.15) is 38.1 Å². The lowest BCUT2D eigenvalue weighted by Crippen LogP contribution is -2.17. The molecule has 120 valence electrons. The summed E-state index contributed by atoms with van der Waals surface area (Å²) in [7, 11) is 0. The first-order valence-corrected chi connectivity index (χ1v) is 8.31. The fourth-order valence-corrected chi connectivity index (χ4v) is 2.97. The average molecular weight is 308 g/mol. The van der Waals surface area contributed by atoms with E-state index in [4.69, 9.17) is 0 Å². The first-order chi connectivity index (χ1) is 11.2. The average Bonchev–Trinajstić information content (AvgIpc) is 2.91. The number of aromatic nitrogens is 3. The number of hydrogen-bond acceptors (Lipinski definition) is 3. The highest BCUT2D eigenvalue weighted by Gasteiger charge is 2.13. The van der Waals surface area contributed by atoms with Crippen LogP contribution in [0.15, 0.2) is 42.6 Å². The minimum atomic E-state index is 0.401. The summed E-state index contributed by atoms with van der Waals surface area (Å²) in [6.45, 7) is 7.19. The predicted octanol–water partition coefficient (Wildman–Crippen LogP) is 4.39. The molecule has 0 aliphatic rings. The molecule has 0 bridgehead atoms. The zero-order valence-corrected chi connectivity index (χ0v) is 14.1. The molecule has 3 rings (SSSR count). The summed E-state index contributed by atoms with van der Waals surface area (Å²) in [5, 5.41) is 3.57. The van der Waals surface area contributed by atoms with Gasteiger partial charge in [-0.25, -0.2) is 9.97 Å². The van der Waals surface area contributed by atoms with E-state index < -0.39 is 0 Å². The normalized spacial score (nSPS) is 12.5. The molecule has 4 heteroatoms. The Kier molecular flexibility index (Phi) is 4.60. The van der Waals surface area contributed by atoms with Crippen molar-refractivity contribution in [2.75, 3.05) is 5.32 Å². The van der Waals surface area contributed by atoms with Gasteiger partial charge in [-0.3, -0.25) is 0 Å². The summed E-state index contributed by atoms with van der Waals surface area (Å²) >= 11 is 0. The number of anilines is 1. The first-order valence-electron chi connectivity index (χ1n) is 8.31. The Morgan fingerprint density at radius 1 is 1.13 bits per heavy atom. The number of aryl methyl sites for hydroxylation is 1. The van der Waals surface area contributed by atoms with Gasteiger partial charge < -0.3 is 9.88 Å². The van der Waals surface area contributed by atoms with Crippen LogP contribution in [0.4, 0.5) is 5.82 Å². The molecule has 1 unspecified atom stereocenters. The van der Waals surface area contributed by atoms with Crippen LogP contribution in [0.3, 0.4) is 0 Å². The summed E-state index contributed by atoms with van der Waals surface area (Å²) < 4.78 is 2.23. The molecule has 1 N–H and O–H groups in total. The number of rotatable bonds is 6. The number of fused-ring (bicyclic) bond motifs is 1. The van der Waals surface area contributed by atoms with Crippen molar-refractivity contribution >= 4 is 16.9 Å². The molecular formula is C19H24N4.